The molecule has 0 aromatic rings. The Morgan fingerprint density at radius 1 is 1.47 bits per heavy atom. The molecule has 0 aromatic carbocycles. The Bertz CT molecular complexity index is 309. The van der Waals surface area contributed by atoms with Gasteiger partial charge in [-0.05, 0) is 13.0 Å². The average molecular weight is 235 g/mol. The van der Waals surface area contributed by atoms with Crippen LogP contribution in [0.4, 0.5) is 0 Å². The van der Waals surface area contributed by atoms with Gasteiger partial charge in [0.25, 0.3) is 0 Å². The van der Waals surface area contributed by atoms with Crippen molar-refractivity contribution in [2.75, 3.05) is 32.4 Å². The molecule has 1 aliphatic heterocycles. The van der Waals surface area contributed by atoms with Crippen molar-refractivity contribution in [3.05, 3.63) is 0 Å². The monoisotopic (exact) mass is 235 g/mol. The van der Waals surface area contributed by atoms with Gasteiger partial charge in [-0.2, -0.15) is 0 Å². The van der Waals surface area contributed by atoms with Crippen LogP contribution in [0.25, 0.3) is 0 Å². The molecule has 7 heteroatoms. The van der Waals surface area contributed by atoms with E-state index in [0.29, 0.717) is 13.1 Å². The van der Waals surface area contributed by atoms with E-state index in [1.807, 2.05) is 0 Å². The predicted molar refractivity (Wildman–Crippen MR) is 56.8 cm³/mol. The Hall–Kier alpha value is -0.660. The summed E-state index contributed by atoms with van der Waals surface area (Å²) in [5, 5.41) is 5.79. The van der Waals surface area contributed by atoms with E-state index >= 15 is 0 Å². The molecule has 0 spiro atoms. The molecule has 0 aliphatic carbocycles. The fourth-order valence-corrected chi connectivity index (χ4v) is 1.92. The normalized spacial score (nSPS) is 21.5. The maximum atomic E-state index is 11.4. The summed E-state index contributed by atoms with van der Waals surface area (Å²) in [6, 6.07) is 0. The fraction of sp³-hybridized carbons (Fsp3) is 0.875. The Labute approximate surface area is 89.9 Å². The van der Waals surface area contributed by atoms with Crippen LogP contribution < -0.4 is 15.4 Å². The van der Waals surface area contributed by atoms with E-state index < -0.39 is 10.0 Å². The van der Waals surface area contributed by atoms with Crippen molar-refractivity contribution in [2.45, 2.75) is 6.42 Å². The summed E-state index contributed by atoms with van der Waals surface area (Å²) < 4.78 is 23.7. The third-order valence-electron chi connectivity index (χ3n) is 2.22. The number of hydrogen-bond donors (Lipinski definition) is 3. The molecule has 0 saturated carbocycles. The number of sulfonamides is 1. The van der Waals surface area contributed by atoms with Crippen molar-refractivity contribution in [3.63, 3.8) is 0 Å². The third kappa shape index (κ3) is 5.10. The van der Waals surface area contributed by atoms with Crippen LogP contribution in [-0.4, -0.2) is 46.8 Å². The van der Waals surface area contributed by atoms with Gasteiger partial charge in [0.2, 0.25) is 15.9 Å². The molecule has 1 fully saturated rings. The van der Waals surface area contributed by atoms with E-state index in [2.05, 4.69) is 15.4 Å². The highest BCUT2D eigenvalue weighted by Gasteiger charge is 2.21. The number of carbonyl (C=O) groups excluding carboxylic acids is 1. The van der Waals surface area contributed by atoms with Crippen molar-refractivity contribution in [2.24, 2.45) is 5.92 Å². The standard InChI is InChI=1S/C8H17N3O3S/c1-15(13,14)11-5-4-10-8(12)7-2-3-9-6-7/h7,9,11H,2-6H2,1H3,(H,10,12). The molecule has 1 heterocycles. The summed E-state index contributed by atoms with van der Waals surface area (Å²) in [6.45, 7) is 2.16. The first-order chi connectivity index (χ1) is 6.99. The van der Waals surface area contributed by atoms with E-state index in [9.17, 15) is 13.2 Å². The number of rotatable bonds is 5. The Morgan fingerprint density at radius 2 is 2.20 bits per heavy atom. The molecule has 1 atom stereocenters. The second-order valence-electron chi connectivity index (χ2n) is 3.65. The van der Waals surface area contributed by atoms with Crippen LogP contribution in [0.3, 0.4) is 0 Å². The Morgan fingerprint density at radius 3 is 2.73 bits per heavy atom. The second-order valence-corrected chi connectivity index (χ2v) is 5.48. The SMILES string of the molecule is CS(=O)(=O)NCCNC(=O)C1CCNC1. The summed E-state index contributed by atoms with van der Waals surface area (Å²) in [6.07, 6.45) is 1.95. The van der Waals surface area contributed by atoms with Crippen LogP contribution in [0.1, 0.15) is 6.42 Å². The summed E-state index contributed by atoms with van der Waals surface area (Å²) in [7, 11) is -3.15. The third-order valence-corrected chi connectivity index (χ3v) is 2.95. The number of hydrogen-bond acceptors (Lipinski definition) is 4. The fourth-order valence-electron chi connectivity index (χ4n) is 1.44. The summed E-state index contributed by atoms with van der Waals surface area (Å²) in [5.41, 5.74) is 0. The lowest BCUT2D eigenvalue weighted by Gasteiger charge is -2.09. The lowest BCUT2D eigenvalue weighted by Crippen LogP contribution is -2.37. The van der Waals surface area contributed by atoms with E-state index in [-0.39, 0.29) is 18.4 Å². The molecule has 1 aliphatic rings. The molecule has 0 radical (unpaired) electrons. The maximum Gasteiger partial charge on any atom is 0.224 e. The molecule has 3 N–H and O–H groups in total. The van der Waals surface area contributed by atoms with Gasteiger partial charge in [0.05, 0.1) is 12.2 Å². The van der Waals surface area contributed by atoms with E-state index in [1.165, 1.54) is 0 Å². The largest absolute Gasteiger partial charge is 0.355 e. The molecular weight excluding hydrogens is 218 g/mol. The Kier molecular flexibility index (Phi) is 4.49. The van der Waals surface area contributed by atoms with Gasteiger partial charge in [0, 0.05) is 19.6 Å². The van der Waals surface area contributed by atoms with Crippen molar-refractivity contribution in [1.29, 1.82) is 0 Å². The molecule has 6 nitrogen and oxygen atoms in total. The smallest absolute Gasteiger partial charge is 0.224 e. The topological polar surface area (TPSA) is 87.3 Å². The summed E-state index contributed by atoms with van der Waals surface area (Å²) >= 11 is 0. The average Bonchev–Trinajstić information content (AvgIpc) is 2.63. The van der Waals surface area contributed by atoms with Gasteiger partial charge >= 0.3 is 0 Å². The summed E-state index contributed by atoms with van der Waals surface area (Å²) in [4.78, 5) is 11.4. The van der Waals surface area contributed by atoms with Crippen molar-refractivity contribution >= 4 is 15.9 Å². The molecule has 0 aromatic heterocycles. The lowest BCUT2D eigenvalue weighted by molar-refractivity contribution is -0.124. The maximum absolute atomic E-state index is 11.4. The van der Waals surface area contributed by atoms with Crippen LogP contribution in [0.15, 0.2) is 0 Å². The highest BCUT2D eigenvalue weighted by atomic mass is 32.2. The molecule has 1 unspecified atom stereocenters. The molecule has 88 valence electrons. The van der Waals surface area contributed by atoms with E-state index in [0.717, 1.165) is 19.2 Å². The second kappa shape index (κ2) is 5.43. The van der Waals surface area contributed by atoms with Gasteiger partial charge in [-0.3, -0.25) is 4.79 Å². The van der Waals surface area contributed by atoms with Gasteiger partial charge in [-0.15, -0.1) is 0 Å². The minimum Gasteiger partial charge on any atom is -0.355 e. The van der Waals surface area contributed by atoms with Gasteiger partial charge < -0.3 is 10.6 Å². The predicted octanol–water partition coefficient (Wildman–Crippen LogP) is -1.74. The molecule has 0 bridgehead atoms. The first-order valence-corrected chi connectivity index (χ1v) is 6.81. The van der Waals surface area contributed by atoms with Gasteiger partial charge in [-0.1, -0.05) is 0 Å². The van der Waals surface area contributed by atoms with Crippen molar-refractivity contribution < 1.29 is 13.2 Å². The molecule has 1 amide bonds. The highest BCUT2D eigenvalue weighted by Crippen LogP contribution is 2.06. The number of amides is 1. The highest BCUT2D eigenvalue weighted by molar-refractivity contribution is 7.88. The zero-order valence-corrected chi connectivity index (χ0v) is 9.56. The zero-order valence-electron chi connectivity index (χ0n) is 8.75. The van der Waals surface area contributed by atoms with Gasteiger partial charge in [-0.25, -0.2) is 13.1 Å². The van der Waals surface area contributed by atoms with E-state index in [4.69, 9.17) is 0 Å². The minimum atomic E-state index is -3.15. The van der Waals surface area contributed by atoms with Crippen LogP contribution >= 0.6 is 0 Å². The number of carbonyl (C=O) groups is 1. The van der Waals surface area contributed by atoms with Crippen LogP contribution in [0.5, 0.6) is 0 Å². The Balaban J connectivity index is 2.12. The minimum absolute atomic E-state index is 0.00435. The van der Waals surface area contributed by atoms with Crippen LogP contribution in [-0.2, 0) is 14.8 Å². The summed E-state index contributed by atoms with van der Waals surface area (Å²) in [5.74, 6) is 0.0264. The lowest BCUT2D eigenvalue weighted by atomic mass is 10.1. The first-order valence-electron chi connectivity index (χ1n) is 4.92. The number of nitrogens with one attached hydrogen (secondary N) is 3. The van der Waals surface area contributed by atoms with Crippen LogP contribution in [0, 0.1) is 5.92 Å². The van der Waals surface area contributed by atoms with Gasteiger partial charge in [0.1, 0.15) is 0 Å². The first kappa shape index (κ1) is 12.4. The molecule has 15 heavy (non-hydrogen) atoms. The zero-order chi connectivity index (χ0) is 11.3. The van der Waals surface area contributed by atoms with Gasteiger partial charge in [0.15, 0.2) is 0 Å². The quantitative estimate of drug-likeness (QED) is 0.494. The molecule has 1 saturated heterocycles. The van der Waals surface area contributed by atoms with Crippen LogP contribution in [0.2, 0.25) is 0 Å². The van der Waals surface area contributed by atoms with E-state index in [1.54, 1.807) is 0 Å². The van der Waals surface area contributed by atoms with Crippen molar-refractivity contribution in [1.82, 2.24) is 15.4 Å². The molecular formula is C8H17N3O3S. The van der Waals surface area contributed by atoms with Crippen molar-refractivity contribution in [3.8, 4) is 0 Å². The molecule has 1 rings (SSSR count).